The van der Waals surface area contributed by atoms with Gasteiger partial charge in [0.2, 0.25) is 11.2 Å². The molecule has 1 atom stereocenters. The van der Waals surface area contributed by atoms with Gasteiger partial charge in [0.25, 0.3) is 5.91 Å². The standard InChI is InChI=1S/C13H12N2O4S/c1-19-10-3-2-8-6-12(16)11(5-9(8)4-10)15-7-13(17)14-20(15)18/h2-6,16H,7H2,1H3,(H,14,17). The van der Waals surface area contributed by atoms with Crippen LogP contribution in [0.25, 0.3) is 10.8 Å². The number of benzene rings is 2. The van der Waals surface area contributed by atoms with E-state index in [-0.39, 0.29) is 18.2 Å². The molecule has 1 fully saturated rings. The molecule has 1 saturated heterocycles. The topological polar surface area (TPSA) is 78.9 Å². The van der Waals surface area contributed by atoms with Crippen molar-refractivity contribution >= 4 is 33.5 Å². The number of fused-ring (bicyclic) bond motifs is 1. The molecule has 2 aromatic carbocycles. The van der Waals surface area contributed by atoms with Crippen molar-refractivity contribution in [2.75, 3.05) is 18.0 Å². The number of carbonyl (C=O) groups excluding carboxylic acids is 1. The maximum absolute atomic E-state index is 11.8. The molecule has 1 unspecified atom stereocenters. The summed E-state index contributed by atoms with van der Waals surface area (Å²) in [6.45, 7) is -0.0460. The highest BCUT2D eigenvalue weighted by Crippen LogP contribution is 2.35. The predicted molar refractivity (Wildman–Crippen MR) is 75.8 cm³/mol. The lowest BCUT2D eigenvalue weighted by Gasteiger charge is -2.16. The van der Waals surface area contributed by atoms with Crippen LogP contribution >= 0.6 is 0 Å². The van der Waals surface area contributed by atoms with Gasteiger partial charge in [0, 0.05) is 0 Å². The minimum Gasteiger partial charge on any atom is -0.506 e. The van der Waals surface area contributed by atoms with Gasteiger partial charge in [-0.3, -0.25) is 13.8 Å². The molecule has 3 rings (SSSR count). The van der Waals surface area contributed by atoms with E-state index in [2.05, 4.69) is 4.72 Å². The third kappa shape index (κ3) is 2.05. The van der Waals surface area contributed by atoms with Gasteiger partial charge in [0.15, 0.2) is 0 Å². The first-order valence-electron chi connectivity index (χ1n) is 5.88. The summed E-state index contributed by atoms with van der Waals surface area (Å²) in [4.78, 5) is 11.3. The van der Waals surface area contributed by atoms with E-state index in [1.807, 2.05) is 12.1 Å². The van der Waals surface area contributed by atoms with Crippen LogP contribution in [-0.2, 0) is 16.0 Å². The molecule has 2 N–H and O–H groups in total. The molecule has 20 heavy (non-hydrogen) atoms. The highest BCUT2D eigenvalue weighted by molar-refractivity contribution is 7.85. The smallest absolute Gasteiger partial charge is 0.253 e. The maximum Gasteiger partial charge on any atom is 0.253 e. The van der Waals surface area contributed by atoms with Crippen LogP contribution in [0.3, 0.4) is 0 Å². The number of aromatic hydroxyl groups is 1. The SMILES string of the molecule is COc1ccc2cc(O)c(N3CC(=O)NS3=O)cc2c1. The molecule has 1 aliphatic rings. The highest BCUT2D eigenvalue weighted by Gasteiger charge is 2.28. The first-order chi connectivity index (χ1) is 9.58. The largest absolute Gasteiger partial charge is 0.506 e. The number of hydrogen-bond acceptors (Lipinski definition) is 4. The van der Waals surface area contributed by atoms with Crippen molar-refractivity contribution in [2.24, 2.45) is 0 Å². The number of anilines is 1. The van der Waals surface area contributed by atoms with E-state index in [9.17, 15) is 14.1 Å². The minimum atomic E-state index is -1.66. The molecule has 0 aliphatic carbocycles. The van der Waals surface area contributed by atoms with Crippen LogP contribution in [0.1, 0.15) is 0 Å². The number of amides is 1. The average molecular weight is 292 g/mol. The number of nitrogens with one attached hydrogen (secondary N) is 1. The number of nitrogens with zero attached hydrogens (tertiary/aromatic N) is 1. The maximum atomic E-state index is 11.8. The lowest BCUT2D eigenvalue weighted by Crippen LogP contribution is -2.22. The van der Waals surface area contributed by atoms with Gasteiger partial charge >= 0.3 is 0 Å². The Bertz CT molecular complexity index is 732. The molecular formula is C13H12N2O4S. The van der Waals surface area contributed by atoms with Crippen LogP contribution in [-0.4, -0.2) is 28.9 Å². The van der Waals surface area contributed by atoms with Gasteiger partial charge in [-0.1, -0.05) is 6.07 Å². The van der Waals surface area contributed by atoms with Gasteiger partial charge in [-0.15, -0.1) is 0 Å². The van der Waals surface area contributed by atoms with Crippen molar-refractivity contribution < 1.29 is 18.8 Å². The van der Waals surface area contributed by atoms with Crippen LogP contribution in [0.5, 0.6) is 11.5 Å². The number of phenolic OH excluding ortho intramolecular Hbond substituents is 1. The summed E-state index contributed by atoms with van der Waals surface area (Å²) >= 11 is -1.66. The minimum absolute atomic E-state index is 0.0208. The Balaban J connectivity index is 2.13. The quantitative estimate of drug-likeness (QED) is 0.868. The molecule has 104 valence electrons. The first kappa shape index (κ1) is 12.7. The van der Waals surface area contributed by atoms with Gasteiger partial charge < -0.3 is 9.84 Å². The Morgan fingerprint density at radius 3 is 2.75 bits per heavy atom. The molecule has 7 heteroatoms. The van der Waals surface area contributed by atoms with Crippen LogP contribution < -0.4 is 13.8 Å². The third-order valence-electron chi connectivity index (χ3n) is 3.10. The fraction of sp³-hybridized carbons (Fsp3) is 0.154. The molecule has 0 saturated carbocycles. The molecule has 0 aromatic heterocycles. The third-order valence-corrected chi connectivity index (χ3v) is 4.23. The summed E-state index contributed by atoms with van der Waals surface area (Å²) in [7, 11) is 1.57. The molecular weight excluding hydrogens is 280 g/mol. The van der Waals surface area contributed by atoms with Gasteiger partial charge in [-0.2, -0.15) is 0 Å². The average Bonchev–Trinajstić information content (AvgIpc) is 2.76. The number of phenols is 1. The zero-order valence-corrected chi connectivity index (χ0v) is 11.4. The van der Waals surface area contributed by atoms with Crippen LogP contribution in [0.2, 0.25) is 0 Å². The van der Waals surface area contributed by atoms with E-state index in [1.165, 1.54) is 4.31 Å². The Morgan fingerprint density at radius 1 is 1.30 bits per heavy atom. The number of hydrogen-bond donors (Lipinski definition) is 2. The van der Waals surface area contributed by atoms with Gasteiger partial charge in [-0.05, 0) is 35.0 Å². The van der Waals surface area contributed by atoms with Gasteiger partial charge in [-0.25, -0.2) is 4.21 Å². The molecule has 1 heterocycles. The van der Waals surface area contributed by atoms with Crippen molar-refractivity contribution in [1.82, 2.24) is 4.72 Å². The summed E-state index contributed by atoms with van der Waals surface area (Å²) in [5, 5.41) is 11.7. The Labute approximate surface area is 117 Å². The molecule has 1 amide bonds. The van der Waals surface area contributed by atoms with E-state index in [0.717, 1.165) is 10.8 Å². The van der Waals surface area contributed by atoms with Crippen molar-refractivity contribution in [2.45, 2.75) is 0 Å². The monoisotopic (exact) mass is 292 g/mol. The van der Waals surface area contributed by atoms with Crippen LogP contribution in [0.15, 0.2) is 30.3 Å². The van der Waals surface area contributed by atoms with Gasteiger partial charge in [0.1, 0.15) is 18.0 Å². The van der Waals surface area contributed by atoms with Crippen molar-refractivity contribution in [3.05, 3.63) is 30.3 Å². The molecule has 6 nitrogen and oxygen atoms in total. The molecule has 0 bridgehead atoms. The molecule has 0 spiro atoms. The summed E-state index contributed by atoms with van der Waals surface area (Å²) in [6.07, 6.45) is 0. The van der Waals surface area contributed by atoms with Crippen molar-refractivity contribution in [1.29, 1.82) is 0 Å². The lowest BCUT2D eigenvalue weighted by molar-refractivity contribution is -0.117. The van der Waals surface area contributed by atoms with Crippen molar-refractivity contribution in [3.8, 4) is 11.5 Å². The van der Waals surface area contributed by atoms with E-state index >= 15 is 0 Å². The fourth-order valence-electron chi connectivity index (χ4n) is 2.13. The number of rotatable bonds is 2. The first-order valence-corrected chi connectivity index (χ1v) is 6.99. The van der Waals surface area contributed by atoms with Crippen molar-refractivity contribution in [3.63, 3.8) is 0 Å². The number of ether oxygens (including phenoxy) is 1. The number of methoxy groups -OCH3 is 1. The Hall–Kier alpha value is -2.28. The molecule has 1 aliphatic heterocycles. The lowest BCUT2D eigenvalue weighted by atomic mass is 10.1. The zero-order valence-electron chi connectivity index (χ0n) is 10.6. The van der Waals surface area contributed by atoms with Crippen LogP contribution in [0, 0.1) is 0 Å². The Morgan fingerprint density at radius 2 is 2.10 bits per heavy atom. The van der Waals surface area contributed by atoms with E-state index in [1.54, 1.807) is 25.3 Å². The fourth-order valence-corrected chi connectivity index (χ4v) is 3.06. The summed E-state index contributed by atoms with van der Waals surface area (Å²) < 4.78 is 20.5. The summed E-state index contributed by atoms with van der Waals surface area (Å²) in [5.74, 6) is 0.326. The van der Waals surface area contributed by atoms with Gasteiger partial charge in [0.05, 0.1) is 12.8 Å². The van der Waals surface area contributed by atoms with E-state index in [0.29, 0.717) is 11.4 Å². The zero-order chi connectivity index (χ0) is 14.3. The van der Waals surface area contributed by atoms with Crippen LogP contribution in [0.4, 0.5) is 5.69 Å². The second-order valence-corrected chi connectivity index (χ2v) is 5.51. The Kier molecular flexibility index (Phi) is 2.98. The summed E-state index contributed by atoms with van der Waals surface area (Å²) in [6, 6.07) is 8.69. The molecule has 0 radical (unpaired) electrons. The second-order valence-electron chi connectivity index (χ2n) is 4.37. The second kappa shape index (κ2) is 4.68. The molecule has 2 aromatic rings. The van der Waals surface area contributed by atoms with E-state index < -0.39 is 11.2 Å². The highest BCUT2D eigenvalue weighted by atomic mass is 32.2. The number of carbonyl (C=O) groups is 1. The predicted octanol–water partition coefficient (Wildman–Crippen LogP) is 1.07. The van der Waals surface area contributed by atoms with E-state index in [4.69, 9.17) is 4.74 Å². The normalized spacial score (nSPS) is 18.4. The summed E-state index contributed by atoms with van der Waals surface area (Å²) in [5.41, 5.74) is 0.349.